The Kier molecular flexibility index (Phi) is 52.7. The average Bonchev–Trinajstić information content (AvgIpc) is 1.91. The van der Waals surface area contributed by atoms with Crippen LogP contribution in [0, 0.1) is 5.92 Å². The second kappa shape index (κ2) is 23.4. The van der Waals surface area contributed by atoms with Crippen LogP contribution in [0.5, 0.6) is 0 Å². The van der Waals surface area contributed by atoms with Crippen LogP contribution < -0.4 is 37.2 Å². The van der Waals surface area contributed by atoms with Gasteiger partial charge in [-0.25, -0.2) is 0 Å². The molecule has 0 aliphatic rings. The maximum absolute atomic E-state index is 8.75. The first-order valence-electron chi connectivity index (χ1n) is 3.96. The Hall–Kier alpha value is 1.54. The van der Waals surface area contributed by atoms with E-state index in [0.29, 0.717) is 12.5 Å². The molecule has 0 bridgehead atoms. The minimum atomic E-state index is 0. The van der Waals surface area contributed by atoms with Crippen LogP contribution >= 0.6 is 0 Å². The Bertz CT molecular complexity index is 63.4. The van der Waals surface area contributed by atoms with Crippen molar-refractivity contribution in [1.29, 1.82) is 0 Å². The Morgan fingerprint density at radius 1 is 1.08 bits per heavy atom. The third-order valence-electron chi connectivity index (χ3n) is 1.80. The molecule has 0 rings (SSSR count). The quantitative estimate of drug-likeness (QED) is 0.498. The maximum Gasteiger partial charge on any atom is 3.00 e. The number of rotatable bonds is 5. The molecule has 1 radical (unpaired) electrons. The number of halogens is 3. The zero-order chi connectivity index (χ0) is 7.11. The van der Waals surface area contributed by atoms with E-state index in [1.807, 2.05) is 0 Å². The van der Waals surface area contributed by atoms with E-state index in [2.05, 4.69) is 13.8 Å². The SMILES string of the molecule is CCCCC(CC)CO.[Cl-].[Cl-].[Cl-].[Ti+3]. The van der Waals surface area contributed by atoms with Crippen molar-refractivity contribution in [1.82, 2.24) is 0 Å². The molecule has 5 heteroatoms. The van der Waals surface area contributed by atoms with Crippen LogP contribution in [0.15, 0.2) is 0 Å². The molecule has 0 heterocycles. The standard InChI is InChI=1S/C8H18O.3ClH.Ti/c1-3-5-6-8(4-2)7-9;;;;/h8-9H,3-7H2,1-2H3;3*1H;/q;;;;+3/p-3. The summed E-state index contributed by atoms with van der Waals surface area (Å²) >= 11 is 0. The molecule has 13 heavy (non-hydrogen) atoms. The normalized spacial score (nSPS) is 9.46. The third-order valence-corrected chi connectivity index (χ3v) is 1.80. The van der Waals surface area contributed by atoms with E-state index in [1.54, 1.807) is 0 Å². The van der Waals surface area contributed by atoms with E-state index in [4.69, 9.17) is 5.11 Å². The second-order valence-electron chi connectivity index (χ2n) is 2.60. The Morgan fingerprint density at radius 2 is 1.54 bits per heavy atom. The van der Waals surface area contributed by atoms with Crippen molar-refractivity contribution in [3.63, 3.8) is 0 Å². The van der Waals surface area contributed by atoms with Gasteiger partial charge in [-0.2, -0.15) is 0 Å². The predicted molar refractivity (Wildman–Crippen MR) is 40.4 cm³/mol. The summed E-state index contributed by atoms with van der Waals surface area (Å²) in [6.07, 6.45) is 4.83. The van der Waals surface area contributed by atoms with Crippen LogP contribution in [-0.2, 0) is 21.7 Å². The molecule has 0 aliphatic carbocycles. The van der Waals surface area contributed by atoms with E-state index < -0.39 is 0 Å². The smallest absolute Gasteiger partial charge is 1.00 e. The van der Waals surface area contributed by atoms with Crippen molar-refractivity contribution in [3.05, 3.63) is 0 Å². The largest absolute Gasteiger partial charge is 3.00 e. The molecule has 1 unspecified atom stereocenters. The first-order chi connectivity index (χ1) is 4.35. The van der Waals surface area contributed by atoms with Gasteiger partial charge in [-0.1, -0.05) is 33.1 Å². The molecule has 1 nitrogen and oxygen atoms in total. The Morgan fingerprint density at radius 3 is 1.77 bits per heavy atom. The van der Waals surface area contributed by atoms with Gasteiger partial charge in [-0.05, 0) is 12.3 Å². The van der Waals surface area contributed by atoms with Gasteiger partial charge in [0, 0.05) is 6.61 Å². The summed E-state index contributed by atoms with van der Waals surface area (Å²) in [7, 11) is 0. The zero-order valence-electron chi connectivity index (χ0n) is 8.19. The molecule has 0 fully saturated rings. The second-order valence-corrected chi connectivity index (χ2v) is 2.60. The molecule has 1 atom stereocenters. The van der Waals surface area contributed by atoms with Gasteiger partial charge in [-0.15, -0.1) is 0 Å². The predicted octanol–water partition coefficient (Wildman–Crippen LogP) is -6.80. The fraction of sp³-hybridized carbons (Fsp3) is 1.00. The number of aliphatic hydroxyl groups excluding tert-OH is 1. The number of aliphatic hydroxyl groups is 1. The summed E-state index contributed by atoms with van der Waals surface area (Å²) in [5.41, 5.74) is 0. The number of hydrogen-bond acceptors (Lipinski definition) is 1. The molecule has 0 amide bonds. The molecule has 0 aromatic carbocycles. The molecule has 0 aromatic heterocycles. The van der Waals surface area contributed by atoms with Crippen molar-refractivity contribution in [2.75, 3.05) is 6.61 Å². The van der Waals surface area contributed by atoms with Crippen LogP contribution in [0.2, 0.25) is 0 Å². The van der Waals surface area contributed by atoms with Crippen LogP contribution in [0.3, 0.4) is 0 Å². The summed E-state index contributed by atoms with van der Waals surface area (Å²) in [5.74, 6) is 0.560. The summed E-state index contributed by atoms with van der Waals surface area (Å²) in [5, 5.41) is 8.75. The molecule has 0 spiro atoms. The summed E-state index contributed by atoms with van der Waals surface area (Å²) in [6.45, 7) is 4.69. The monoisotopic (exact) mass is 283 g/mol. The van der Waals surface area contributed by atoms with Gasteiger partial charge in [0.05, 0.1) is 0 Å². The van der Waals surface area contributed by atoms with Crippen molar-refractivity contribution >= 4 is 0 Å². The van der Waals surface area contributed by atoms with Crippen molar-refractivity contribution in [2.24, 2.45) is 5.92 Å². The topological polar surface area (TPSA) is 20.2 Å². The van der Waals surface area contributed by atoms with E-state index in [1.165, 1.54) is 19.3 Å². The van der Waals surface area contributed by atoms with Gasteiger partial charge in [0.2, 0.25) is 0 Å². The van der Waals surface area contributed by atoms with Gasteiger partial charge in [0.15, 0.2) is 0 Å². The third kappa shape index (κ3) is 19.8. The maximum atomic E-state index is 8.75. The number of unbranched alkanes of at least 4 members (excludes halogenated alkanes) is 1. The molecular formula is C8H18Cl3OTi. The molecule has 0 aromatic rings. The van der Waals surface area contributed by atoms with Gasteiger partial charge in [0.1, 0.15) is 0 Å². The summed E-state index contributed by atoms with van der Waals surface area (Å²) in [6, 6.07) is 0. The van der Waals surface area contributed by atoms with Gasteiger partial charge < -0.3 is 42.3 Å². The minimum Gasteiger partial charge on any atom is -1.00 e. The Labute approximate surface area is 116 Å². The first kappa shape index (κ1) is 29.3. The first-order valence-corrected chi connectivity index (χ1v) is 3.96. The van der Waals surface area contributed by atoms with E-state index in [-0.39, 0.29) is 58.9 Å². The van der Waals surface area contributed by atoms with Crippen LogP contribution in [0.25, 0.3) is 0 Å². The fourth-order valence-corrected chi connectivity index (χ4v) is 0.917. The van der Waals surface area contributed by atoms with E-state index in [0.717, 1.165) is 6.42 Å². The number of hydrogen-bond donors (Lipinski definition) is 1. The average molecular weight is 284 g/mol. The minimum absolute atomic E-state index is 0. The molecule has 81 valence electrons. The van der Waals surface area contributed by atoms with E-state index >= 15 is 0 Å². The van der Waals surface area contributed by atoms with Gasteiger partial charge >= 0.3 is 21.7 Å². The summed E-state index contributed by atoms with van der Waals surface area (Å²) in [4.78, 5) is 0. The molecular weight excluding hydrogens is 266 g/mol. The van der Waals surface area contributed by atoms with Crippen LogP contribution in [-0.4, -0.2) is 11.7 Å². The van der Waals surface area contributed by atoms with Crippen LogP contribution in [0.4, 0.5) is 0 Å². The van der Waals surface area contributed by atoms with Crippen LogP contribution in [0.1, 0.15) is 39.5 Å². The molecule has 0 saturated heterocycles. The van der Waals surface area contributed by atoms with Crippen molar-refractivity contribution in [2.45, 2.75) is 39.5 Å². The summed E-state index contributed by atoms with van der Waals surface area (Å²) < 4.78 is 0. The molecule has 0 aliphatic heterocycles. The van der Waals surface area contributed by atoms with Gasteiger partial charge in [-0.3, -0.25) is 0 Å². The molecule has 0 saturated carbocycles. The molecule has 1 N–H and O–H groups in total. The zero-order valence-corrected chi connectivity index (χ0v) is 12.0. The van der Waals surface area contributed by atoms with Crippen molar-refractivity contribution < 1.29 is 64.0 Å². The van der Waals surface area contributed by atoms with Gasteiger partial charge in [0.25, 0.3) is 0 Å². The fourth-order valence-electron chi connectivity index (χ4n) is 0.917. The van der Waals surface area contributed by atoms with Crippen molar-refractivity contribution in [3.8, 4) is 0 Å². The van der Waals surface area contributed by atoms with E-state index in [9.17, 15) is 0 Å². The Balaban J connectivity index is -0.0000000533.